The third kappa shape index (κ3) is 5.61. The largest absolute Gasteiger partial charge is 0.487 e. The molecule has 0 aromatic heterocycles. The summed E-state index contributed by atoms with van der Waals surface area (Å²) in [7, 11) is 1.61. The molecule has 6 nitrogen and oxygen atoms in total. The van der Waals surface area contributed by atoms with Crippen molar-refractivity contribution in [3.63, 3.8) is 0 Å². The maximum atomic E-state index is 13.5. The number of carbonyl (C=O) groups is 1. The molecule has 0 fully saturated rings. The quantitative estimate of drug-likeness (QED) is 0.410. The smallest absolute Gasteiger partial charge is 0.162 e. The molecule has 0 amide bonds. The van der Waals surface area contributed by atoms with E-state index < -0.39 is 5.92 Å². The molecule has 2 aliphatic rings. The summed E-state index contributed by atoms with van der Waals surface area (Å²) < 4.78 is 11.2. The number of nitrogens with two attached hydrogens (primary N) is 1. The summed E-state index contributed by atoms with van der Waals surface area (Å²) in [6, 6.07) is 12.8. The molecule has 4 rings (SSSR count). The average molecular weight is 561 g/mol. The van der Waals surface area contributed by atoms with E-state index in [0.29, 0.717) is 69.3 Å². The Morgan fingerprint density at radius 3 is 2.51 bits per heavy atom. The van der Waals surface area contributed by atoms with Crippen LogP contribution in [0.3, 0.4) is 0 Å². The molecule has 1 heterocycles. The van der Waals surface area contributed by atoms with Crippen LogP contribution in [-0.4, -0.2) is 30.9 Å². The van der Waals surface area contributed by atoms with Gasteiger partial charge in [-0.1, -0.05) is 60.8 Å². The molecule has 0 bridgehead atoms. The molecule has 1 aliphatic heterocycles. The number of carbonyl (C=O) groups excluding carboxylic acids is 1. The van der Waals surface area contributed by atoms with Crippen molar-refractivity contribution >= 4 is 40.6 Å². The highest BCUT2D eigenvalue weighted by atomic mass is 35.5. The number of methoxy groups -OCH3 is 1. The minimum atomic E-state index is -0.607. The fourth-order valence-electron chi connectivity index (χ4n) is 4.95. The molecule has 9 heteroatoms. The third-order valence-corrected chi connectivity index (χ3v) is 7.71. The van der Waals surface area contributed by atoms with E-state index in [1.807, 2.05) is 17.0 Å². The first-order chi connectivity index (χ1) is 17.6. The Kier molecular flexibility index (Phi) is 8.11. The Hall–Kier alpha value is -2.69. The first kappa shape index (κ1) is 27.3. The molecule has 0 spiro atoms. The van der Waals surface area contributed by atoms with Crippen LogP contribution in [0.25, 0.3) is 0 Å². The summed E-state index contributed by atoms with van der Waals surface area (Å²) in [5, 5.41) is 11.4. The number of nitriles is 1. The molecule has 0 saturated carbocycles. The Balaban J connectivity index is 1.71. The summed E-state index contributed by atoms with van der Waals surface area (Å²) >= 11 is 18.7. The van der Waals surface area contributed by atoms with Crippen molar-refractivity contribution in [2.24, 2.45) is 11.1 Å². The minimum absolute atomic E-state index is 0.00924. The van der Waals surface area contributed by atoms with Crippen LogP contribution in [0.1, 0.15) is 43.7 Å². The monoisotopic (exact) mass is 559 g/mol. The third-order valence-electron chi connectivity index (χ3n) is 6.67. The van der Waals surface area contributed by atoms with Crippen molar-refractivity contribution in [2.75, 3.05) is 20.3 Å². The zero-order valence-electron chi connectivity index (χ0n) is 20.9. The first-order valence-electron chi connectivity index (χ1n) is 11.8. The Morgan fingerprint density at radius 1 is 1.11 bits per heavy atom. The van der Waals surface area contributed by atoms with E-state index in [4.69, 9.17) is 50.0 Å². The molecule has 0 radical (unpaired) electrons. The van der Waals surface area contributed by atoms with Crippen LogP contribution in [0.15, 0.2) is 59.1 Å². The van der Waals surface area contributed by atoms with Crippen LogP contribution in [0.5, 0.6) is 5.75 Å². The van der Waals surface area contributed by atoms with Gasteiger partial charge in [0.25, 0.3) is 0 Å². The highest BCUT2D eigenvalue weighted by molar-refractivity contribution is 6.42. The lowest BCUT2D eigenvalue weighted by Gasteiger charge is -2.43. The molecule has 2 N–H and O–H groups in total. The normalized spacial score (nSPS) is 19.1. The maximum Gasteiger partial charge on any atom is 0.162 e. The van der Waals surface area contributed by atoms with Gasteiger partial charge in [0.15, 0.2) is 5.78 Å². The lowest BCUT2D eigenvalue weighted by Crippen LogP contribution is -2.43. The van der Waals surface area contributed by atoms with Gasteiger partial charge in [0.2, 0.25) is 0 Å². The average Bonchev–Trinajstić information content (AvgIpc) is 2.83. The van der Waals surface area contributed by atoms with E-state index in [9.17, 15) is 10.1 Å². The van der Waals surface area contributed by atoms with Crippen LogP contribution in [0, 0.1) is 16.7 Å². The van der Waals surface area contributed by atoms with Crippen molar-refractivity contribution in [3.8, 4) is 11.8 Å². The molecular formula is C28H28Cl3N3O3. The van der Waals surface area contributed by atoms with Crippen molar-refractivity contribution < 1.29 is 14.3 Å². The SMILES string of the molecule is COCCN1C(N)=C(C#N)[C@H](c2ccc(OCc3ccc(Cl)c(Cl)c3)c(Cl)c2)C2=C1CC(C)(C)CC2=O. The van der Waals surface area contributed by atoms with Crippen molar-refractivity contribution in [1.82, 2.24) is 4.90 Å². The number of nitrogens with zero attached hydrogens (tertiary/aromatic N) is 2. The maximum absolute atomic E-state index is 13.5. The van der Waals surface area contributed by atoms with Crippen LogP contribution in [0.2, 0.25) is 15.1 Å². The van der Waals surface area contributed by atoms with Gasteiger partial charge in [0.1, 0.15) is 18.2 Å². The standard InChI is InChI=1S/C28H28Cl3N3O3/c1-28(2)12-22-26(23(35)13-28)25(18(14-32)27(33)34(22)8-9-36-3)17-5-7-24(21(31)11-17)37-15-16-4-6-19(29)20(30)10-16/h4-7,10-11,25H,8-9,12-13,15,33H2,1-3H3/t25-/m0/s1. The van der Waals surface area contributed by atoms with Gasteiger partial charge in [-0.15, -0.1) is 0 Å². The highest BCUT2D eigenvalue weighted by Gasteiger charge is 2.44. The van der Waals surface area contributed by atoms with Gasteiger partial charge in [-0.25, -0.2) is 0 Å². The van der Waals surface area contributed by atoms with Crippen LogP contribution in [0.4, 0.5) is 0 Å². The van der Waals surface area contributed by atoms with Gasteiger partial charge >= 0.3 is 0 Å². The van der Waals surface area contributed by atoms with Crippen LogP contribution < -0.4 is 10.5 Å². The second kappa shape index (κ2) is 11.0. The number of benzene rings is 2. The number of rotatable bonds is 7. The second-order valence-corrected chi connectivity index (χ2v) is 11.2. The molecule has 1 atom stereocenters. The summed E-state index contributed by atoms with van der Waals surface area (Å²) in [5.41, 5.74) is 9.63. The molecule has 2 aromatic carbocycles. The lowest BCUT2D eigenvalue weighted by molar-refractivity contribution is -0.118. The Morgan fingerprint density at radius 2 is 1.86 bits per heavy atom. The summed E-state index contributed by atoms with van der Waals surface area (Å²) in [5.74, 6) is 0.207. The number of ketones is 1. The number of hydrogen-bond acceptors (Lipinski definition) is 6. The van der Waals surface area contributed by atoms with Gasteiger partial charge in [-0.05, 0) is 47.2 Å². The summed E-state index contributed by atoms with van der Waals surface area (Å²) in [6.45, 7) is 5.23. The summed E-state index contributed by atoms with van der Waals surface area (Å²) in [6.07, 6.45) is 1.05. The molecule has 37 heavy (non-hydrogen) atoms. The van der Waals surface area contributed by atoms with Crippen LogP contribution in [-0.2, 0) is 16.1 Å². The molecule has 194 valence electrons. The molecule has 0 unspecified atom stereocenters. The lowest BCUT2D eigenvalue weighted by atomic mass is 9.68. The first-order valence-corrected chi connectivity index (χ1v) is 13.0. The number of halogens is 3. The van der Waals surface area contributed by atoms with Gasteiger partial charge in [-0.2, -0.15) is 5.26 Å². The van der Waals surface area contributed by atoms with Crippen molar-refractivity contribution in [1.29, 1.82) is 5.26 Å². The van der Waals surface area contributed by atoms with Crippen LogP contribution >= 0.6 is 34.8 Å². The predicted molar refractivity (Wildman–Crippen MR) is 145 cm³/mol. The van der Waals surface area contributed by atoms with E-state index in [-0.39, 0.29) is 17.8 Å². The van der Waals surface area contributed by atoms with Gasteiger partial charge in [0.05, 0.1) is 39.2 Å². The van der Waals surface area contributed by atoms with Crippen molar-refractivity contribution in [3.05, 3.63) is 85.3 Å². The predicted octanol–water partition coefficient (Wildman–Crippen LogP) is 6.61. The Labute approximate surface area is 232 Å². The zero-order valence-corrected chi connectivity index (χ0v) is 23.2. The van der Waals surface area contributed by atoms with E-state index in [1.54, 1.807) is 31.4 Å². The number of hydrogen-bond donors (Lipinski definition) is 1. The topological polar surface area (TPSA) is 88.6 Å². The van der Waals surface area contributed by atoms with E-state index >= 15 is 0 Å². The van der Waals surface area contributed by atoms with Crippen molar-refractivity contribution in [2.45, 2.75) is 39.2 Å². The fourth-order valence-corrected chi connectivity index (χ4v) is 5.51. The zero-order chi connectivity index (χ0) is 26.9. The molecular weight excluding hydrogens is 533 g/mol. The second-order valence-electron chi connectivity index (χ2n) is 10.0. The van der Waals surface area contributed by atoms with E-state index in [1.165, 1.54) is 0 Å². The van der Waals surface area contributed by atoms with Gasteiger partial charge in [0, 0.05) is 31.3 Å². The number of ether oxygens (including phenoxy) is 2. The molecule has 2 aromatic rings. The van der Waals surface area contributed by atoms with E-state index in [2.05, 4.69) is 19.9 Å². The molecule has 1 aliphatic carbocycles. The number of Topliss-reactive ketones (excluding diaryl/α,β-unsaturated/α-hetero) is 1. The summed E-state index contributed by atoms with van der Waals surface area (Å²) in [4.78, 5) is 15.4. The molecule has 0 saturated heterocycles. The van der Waals surface area contributed by atoms with E-state index in [0.717, 1.165) is 11.3 Å². The number of allylic oxidation sites excluding steroid dienone is 3. The Bertz CT molecular complexity index is 1340. The van der Waals surface area contributed by atoms with Gasteiger partial charge in [-0.3, -0.25) is 4.79 Å². The van der Waals surface area contributed by atoms with Gasteiger partial charge < -0.3 is 20.1 Å². The minimum Gasteiger partial charge on any atom is -0.487 e. The fraction of sp³-hybridized carbons (Fsp3) is 0.357. The highest BCUT2D eigenvalue weighted by Crippen LogP contribution is 2.49.